The molecule has 1 aromatic carbocycles. The van der Waals surface area contributed by atoms with Gasteiger partial charge in [-0.2, -0.15) is 0 Å². The van der Waals surface area contributed by atoms with Crippen LogP contribution in [0.1, 0.15) is 69.1 Å². The Hall–Kier alpha value is -1.74. The highest BCUT2D eigenvalue weighted by atomic mass is 16.5. The largest absolute Gasteiger partial charge is 0.496 e. The van der Waals surface area contributed by atoms with Crippen LogP contribution in [0.25, 0.3) is 0 Å². The van der Waals surface area contributed by atoms with Gasteiger partial charge in [-0.3, -0.25) is 0 Å². The van der Waals surface area contributed by atoms with Crippen LogP contribution in [0.15, 0.2) is 37.4 Å². The van der Waals surface area contributed by atoms with Crippen molar-refractivity contribution in [2.75, 3.05) is 21.3 Å². The molecule has 1 aromatic rings. The number of hydrogen-bond acceptors (Lipinski definition) is 3. The van der Waals surface area contributed by atoms with Crippen molar-refractivity contribution >= 4 is 0 Å². The highest BCUT2D eigenvalue weighted by Crippen LogP contribution is 2.43. The van der Waals surface area contributed by atoms with Gasteiger partial charge in [0.15, 0.2) is 0 Å². The lowest BCUT2D eigenvalue weighted by atomic mass is 9.86. The van der Waals surface area contributed by atoms with E-state index in [0.29, 0.717) is 11.8 Å². The van der Waals surface area contributed by atoms with Crippen molar-refractivity contribution in [2.24, 2.45) is 5.92 Å². The first kappa shape index (κ1) is 22.3. The number of ether oxygens (including phenoxy) is 3. The molecule has 0 radical (unpaired) electrons. The Balaban J connectivity index is 3.40. The summed E-state index contributed by atoms with van der Waals surface area (Å²) in [7, 11) is 5.20. The molecule has 0 unspecified atom stereocenters. The first-order valence-corrected chi connectivity index (χ1v) is 9.58. The zero-order chi connectivity index (χ0) is 19.5. The van der Waals surface area contributed by atoms with E-state index in [-0.39, 0.29) is 6.10 Å². The third kappa shape index (κ3) is 5.63. The van der Waals surface area contributed by atoms with Crippen molar-refractivity contribution in [3.63, 3.8) is 0 Å². The Kier molecular flexibility index (Phi) is 10.1. The van der Waals surface area contributed by atoms with Gasteiger partial charge in [0, 0.05) is 12.7 Å². The first-order valence-electron chi connectivity index (χ1n) is 9.58. The molecule has 0 bridgehead atoms. The summed E-state index contributed by atoms with van der Waals surface area (Å²) in [6, 6.07) is 4.21. The zero-order valence-electron chi connectivity index (χ0n) is 17.2. The van der Waals surface area contributed by atoms with Crippen LogP contribution in [0.5, 0.6) is 11.5 Å². The second-order valence-corrected chi connectivity index (χ2v) is 6.86. The van der Waals surface area contributed by atoms with Gasteiger partial charge in [0.25, 0.3) is 0 Å². The number of allylic oxidation sites excluding steroid dienone is 2. The molecule has 146 valence electrons. The van der Waals surface area contributed by atoms with E-state index in [9.17, 15) is 0 Å². The van der Waals surface area contributed by atoms with Gasteiger partial charge < -0.3 is 14.2 Å². The monoisotopic (exact) mass is 360 g/mol. The van der Waals surface area contributed by atoms with E-state index in [1.54, 1.807) is 21.3 Å². The van der Waals surface area contributed by atoms with E-state index < -0.39 is 0 Å². The van der Waals surface area contributed by atoms with Crippen molar-refractivity contribution in [1.82, 2.24) is 0 Å². The van der Waals surface area contributed by atoms with Gasteiger partial charge in [-0.05, 0) is 48.8 Å². The lowest BCUT2D eigenvalue weighted by Crippen LogP contribution is -2.13. The topological polar surface area (TPSA) is 27.7 Å². The van der Waals surface area contributed by atoms with E-state index in [1.807, 2.05) is 12.2 Å². The molecule has 3 atom stereocenters. The van der Waals surface area contributed by atoms with Gasteiger partial charge in [0.1, 0.15) is 11.5 Å². The maximum Gasteiger partial charge on any atom is 0.126 e. The van der Waals surface area contributed by atoms with Crippen molar-refractivity contribution < 1.29 is 14.2 Å². The number of methoxy groups -OCH3 is 3. The summed E-state index contributed by atoms with van der Waals surface area (Å²) < 4.78 is 17.3. The van der Waals surface area contributed by atoms with Gasteiger partial charge >= 0.3 is 0 Å². The average molecular weight is 361 g/mol. The third-order valence-corrected chi connectivity index (χ3v) is 4.97. The standard InChI is InChI=1S/C23H36O3/c1-8-11-14-18(13-10-3)22-20(24-5)15-19(16-21(22)25-6)23(26-7)17(4)12-9-2/h9-10,15-18,23H,2-3,8,11-14H2,1,4-7H3/t17-,18+,23+/m0/s1. The summed E-state index contributed by atoms with van der Waals surface area (Å²) in [6.07, 6.45) is 9.12. The van der Waals surface area contributed by atoms with E-state index >= 15 is 0 Å². The molecule has 0 aliphatic carbocycles. The minimum Gasteiger partial charge on any atom is -0.496 e. The molecular weight excluding hydrogens is 324 g/mol. The van der Waals surface area contributed by atoms with Crippen molar-refractivity contribution in [2.45, 2.75) is 58.0 Å². The fraction of sp³-hybridized carbons (Fsp3) is 0.565. The number of benzene rings is 1. The Labute approximate surface area is 160 Å². The van der Waals surface area contributed by atoms with Gasteiger partial charge in [0.2, 0.25) is 0 Å². The summed E-state index contributed by atoms with van der Waals surface area (Å²) in [6.45, 7) is 12.2. The SMILES string of the molecule is C=CC[C@H](CCCC)c1c(OC)cc([C@H](OC)[C@@H](C)CC=C)cc1OC. The highest BCUT2D eigenvalue weighted by molar-refractivity contribution is 5.51. The molecule has 3 heteroatoms. The summed E-state index contributed by atoms with van der Waals surface area (Å²) in [4.78, 5) is 0. The smallest absolute Gasteiger partial charge is 0.126 e. The zero-order valence-corrected chi connectivity index (χ0v) is 17.2. The van der Waals surface area contributed by atoms with Crippen LogP contribution in [-0.2, 0) is 4.74 Å². The lowest BCUT2D eigenvalue weighted by molar-refractivity contribution is 0.0586. The van der Waals surface area contributed by atoms with Gasteiger partial charge in [-0.15, -0.1) is 13.2 Å². The highest BCUT2D eigenvalue weighted by Gasteiger charge is 2.25. The summed E-state index contributed by atoms with van der Waals surface area (Å²) in [5.74, 6) is 2.41. The fourth-order valence-corrected chi connectivity index (χ4v) is 3.64. The maximum atomic E-state index is 5.79. The summed E-state index contributed by atoms with van der Waals surface area (Å²) in [5, 5.41) is 0. The predicted molar refractivity (Wildman–Crippen MR) is 110 cm³/mol. The molecule has 0 aliphatic heterocycles. The molecule has 0 spiro atoms. The quantitative estimate of drug-likeness (QED) is 0.378. The molecule has 0 saturated carbocycles. The van der Waals surface area contributed by atoms with Crippen molar-refractivity contribution in [3.05, 3.63) is 48.6 Å². The van der Waals surface area contributed by atoms with E-state index in [0.717, 1.165) is 41.9 Å². The molecule has 0 N–H and O–H groups in total. The minimum atomic E-state index is -0.0293. The van der Waals surface area contributed by atoms with Crippen LogP contribution in [0.4, 0.5) is 0 Å². The molecule has 1 rings (SSSR count). The van der Waals surface area contributed by atoms with Gasteiger partial charge in [0.05, 0.1) is 20.3 Å². The van der Waals surface area contributed by atoms with Gasteiger partial charge in [-0.1, -0.05) is 38.8 Å². The van der Waals surface area contributed by atoms with E-state index in [2.05, 4.69) is 39.1 Å². The second kappa shape index (κ2) is 11.8. The Morgan fingerprint density at radius 1 is 1.00 bits per heavy atom. The van der Waals surface area contributed by atoms with E-state index in [4.69, 9.17) is 14.2 Å². The molecule has 0 fully saturated rings. The van der Waals surface area contributed by atoms with Crippen LogP contribution in [0, 0.1) is 5.92 Å². The van der Waals surface area contributed by atoms with Crippen LogP contribution in [0.2, 0.25) is 0 Å². The van der Waals surface area contributed by atoms with E-state index in [1.165, 1.54) is 12.8 Å². The minimum absolute atomic E-state index is 0.0293. The molecule has 26 heavy (non-hydrogen) atoms. The maximum absolute atomic E-state index is 5.79. The number of rotatable bonds is 13. The van der Waals surface area contributed by atoms with Gasteiger partial charge in [-0.25, -0.2) is 0 Å². The van der Waals surface area contributed by atoms with Crippen LogP contribution < -0.4 is 9.47 Å². The Morgan fingerprint density at radius 2 is 1.58 bits per heavy atom. The van der Waals surface area contributed by atoms with Crippen LogP contribution in [0.3, 0.4) is 0 Å². The Bertz CT molecular complexity index is 540. The predicted octanol–water partition coefficient (Wildman–Crippen LogP) is 6.45. The molecule has 0 saturated heterocycles. The normalized spacial score (nSPS) is 14.3. The van der Waals surface area contributed by atoms with Crippen LogP contribution >= 0.6 is 0 Å². The first-order chi connectivity index (χ1) is 12.6. The molecule has 0 heterocycles. The molecule has 0 aromatic heterocycles. The van der Waals surface area contributed by atoms with Crippen molar-refractivity contribution in [3.8, 4) is 11.5 Å². The summed E-state index contributed by atoms with van der Waals surface area (Å²) in [5.41, 5.74) is 2.21. The number of hydrogen-bond donors (Lipinski definition) is 0. The fourth-order valence-electron chi connectivity index (χ4n) is 3.64. The number of unbranched alkanes of at least 4 members (excludes halogenated alkanes) is 1. The Morgan fingerprint density at radius 3 is 2.00 bits per heavy atom. The average Bonchev–Trinajstić information content (AvgIpc) is 2.65. The lowest BCUT2D eigenvalue weighted by Gasteiger charge is -2.26. The van der Waals surface area contributed by atoms with Crippen molar-refractivity contribution in [1.29, 1.82) is 0 Å². The summed E-state index contributed by atoms with van der Waals surface area (Å²) >= 11 is 0. The second-order valence-electron chi connectivity index (χ2n) is 6.86. The molecule has 0 aliphatic rings. The molecular formula is C23H36O3. The third-order valence-electron chi connectivity index (χ3n) is 4.97. The van der Waals surface area contributed by atoms with Crippen LogP contribution in [-0.4, -0.2) is 21.3 Å². The molecule has 3 nitrogen and oxygen atoms in total. The molecule has 0 amide bonds.